The Kier molecular flexibility index (Phi) is 5.49. The molecular weight excluding hydrogens is 402 g/mol. The number of nitrogens with zero attached hydrogens (tertiary/aromatic N) is 4. The molecule has 1 fully saturated rings. The highest BCUT2D eigenvalue weighted by Gasteiger charge is 2.25. The fourth-order valence-corrected chi connectivity index (χ4v) is 4.18. The Bertz CT molecular complexity index is 1130. The van der Waals surface area contributed by atoms with E-state index in [4.69, 9.17) is 17.3 Å². The largest absolute Gasteiger partial charge is 0.339 e. The number of fused-ring (bicyclic) bond motifs is 1. The molecule has 0 atom stereocenters. The number of pyridine rings is 1. The second-order valence-electron chi connectivity index (χ2n) is 7.55. The molecule has 1 aliphatic rings. The van der Waals surface area contributed by atoms with Gasteiger partial charge in [0, 0.05) is 56.4 Å². The minimum absolute atomic E-state index is 0.0363. The molecule has 0 unspecified atom stereocenters. The van der Waals surface area contributed by atoms with Crippen LogP contribution >= 0.6 is 11.6 Å². The number of carbonyl (C=O) groups excluding carboxylic acids is 2. The van der Waals surface area contributed by atoms with Crippen molar-refractivity contribution < 1.29 is 9.59 Å². The van der Waals surface area contributed by atoms with Crippen molar-refractivity contribution in [3.8, 4) is 11.1 Å². The molecule has 2 amide bonds. The highest BCUT2D eigenvalue weighted by molar-refractivity contribution is 6.30. The Balaban J connectivity index is 1.72. The molecule has 30 heavy (non-hydrogen) atoms. The fourth-order valence-electron chi connectivity index (χ4n) is 3.95. The molecule has 0 saturated carbocycles. The van der Waals surface area contributed by atoms with E-state index in [9.17, 15) is 9.59 Å². The van der Waals surface area contributed by atoms with E-state index in [-0.39, 0.29) is 11.8 Å². The molecule has 8 heteroatoms. The first kappa shape index (κ1) is 20.4. The van der Waals surface area contributed by atoms with Gasteiger partial charge < -0.3 is 15.5 Å². The highest BCUT2D eigenvalue weighted by atomic mass is 35.5. The van der Waals surface area contributed by atoms with Crippen LogP contribution in [0.15, 0.2) is 36.7 Å². The Morgan fingerprint density at radius 3 is 2.43 bits per heavy atom. The summed E-state index contributed by atoms with van der Waals surface area (Å²) < 4.78 is 1.82. The van der Waals surface area contributed by atoms with Crippen LogP contribution in [0.2, 0.25) is 5.02 Å². The molecule has 1 aromatic carbocycles. The third-order valence-corrected chi connectivity index (χ3v) is 5.90. The predicted molar refractivity (Wildman–Crippen MR) is 116 cm³/mol. The van der Waals surface area contributed by atoms with Gasteiger partial charge in [0.15, 0.2) is 0 Å². The molecule has 2 N–H and O–H groups in total. The van der Waals surface area contributed by atoms with E-state index in [1.165, 1.54) is 0 Å². The number of piperazine rings is 1. The van der Waals surface area contributed by atoms with Crippen LogP contribution in [0.5, 0.6) is 0 Å². The normalized spacial score (nSPS) is 14.4. The minimum Gasteiger partial charge on any atom is -0.339 e. The average Bonchev–Trinajstić information content (AvgIpc) is 3.15. The Morgan fingerprint density at radius 2 is 1.80 bits per heavy atom. The first-order chi connectivity index (χ1) is 14.4. The summed E-state index contributed by atoms with van der Waals surface area (Å²) in [5.74, 6) is -0.0563. The summed E-state index contributed by atoms with van der Waals surface area (Å²) >= 11 is 6.12. The number of aromatic nitrogens is 2. The zero-order valence-corrected chi connectivity index (χ0v) is 17.8. The van der Waals surface area contributed by atoms with Crippen molar-refractivity contribution in [2.75, 3.05) is 26.2 Å². The first-order valence-corrected chi connectivity index (χ1v) is 10.3. The summed E-state index contributed by atoms with van der Waals surface area (Å²) in [6.07, 6.45) is 3.54. The number of carbonyl (C=O) groups is 2. The monoisotopic (exact) mass is 425 g/mol. The molecule has 4 rings (SSSR count). The Labute approximate surface area is 180 Å². The number of nitrogens with two attached hydrogens (primary N) is 1. The van der Waals surface area contributed by atoms with Gasteiger partial charge in [-0.05, 0) is 41.8 Å². The van der Waals surface area contributed by atoms with Crippen LogP contribution in [0.25, 0.3) is 16.8 Å². The van der Waals surface area contributed by atoms with Gasteiger partial charge >= 0.3 is 0 Å². The Morgan fingerprint density at radius 1 is 1.10 bits per heavy atom. The summed E-state index contributed by atoms with van der Waals surface area (Å²) in [4.78, 5) is 32.7. The molecular formula is C22H24ClN5O2. The van der Waals surface area contributed by atoms with Crippen LogP contribution in [0.4, 0.5) is 0 Å². The van der Waals surface area contributed by atoms with Crippen LogP contribution < -0.4 is 5.73 Å². The van der Waals surface area contributed by atoms with Crippen molar-refractivity contribution in [2.45, 2.75) is 20.4 Å². The molecule has 0 aliphatic carbocycles. The Hall–Kier alpha value is -2.90. The maximum Gasteiger partial charge on any atom is 0.272 e. The number of imidazole rings is 1. The second kappa shape index (κ2) is 8.08. The van der Waals surface area contributed by atoms with Crippen LogP contribution in [0.1, 0.15) is 28.5 Å². The van der Waals surface area contributed by atoms with Crippen LogP contribution in [0, 0.1) is 6.92 Å². The van der Waals surface area contributed by atoms with Gasteiger partial charge in [-0.3, -0.25) is 14.0 Å². The van der Waals surface area contributed by atoms with Crippen LogP contribution in [-0.4, -0.2) is 57.2 Å². The van der Waals surface area contributed by atoms with Gasteiger partial charge in [0.05, 0.1) is 6.20 Å². The molecule has 3 heterocycles. The lowest BCUT2D eigenvalue weighted by Crippen LogP contribution is -2.50. The summed E-state index contributed by atoms with van der Waals surface area (Å²) in [7, 11) is 0. The predicted octanol–water partition coefficient (Wildman–Crippen LogP) is 2.73. The van der Waals surface area contributed by atoms with Gasteiger partial charge in [0.1, 0.15) is 11.3 Å². The molecule has 0 bridgehead atoms. The molecule has 0 spiro atoms. The molecule has 7 nitrogen and oxygen atoms in total. The second-order valence-corrected chi connectivity index (χ2v) is 7.98. The van der Waals surface area contributed by atoms with Gasteiger partial charge in [0.2, 0.25) is 5.91 Å². The maximum atomic E-state index is 13.2. The van der Waals surface area contributed by atoms with E-state index in [0.717, 1.165) is 22.3 Å². The van der Waals surface area contributed by atoms with Gasteiger partial charge in [-0.15, -0.1) is 0 Å². The number of amides is 2. The van der Waals surface area contributed by atoms with Crippen molar-refractivity contribution in [2.24, 2.45) is 5.73 Å². The molecule has 1 aliphatic heterocycles. The van der Waals surface area contributed by atoms with E-state index in [0.29, 0.717) is 49.1 Å². The van der Waals surface area contributed by atoms with Gasteiger partial charge in [-0.1, -0.05) is 17.7 Å². The van der Waals surface area contributed by atoms with Gasteiger partial charge in [-0.2, -0.15) is 0 Å². The number of halogens is 1. The molecule has 3 aromatic rings. The lowest BCUT2D eigenvalue weighted by molar-refractivity contribution is -0.130. The fraction of sp³-hybridized carbons (Fsp3) is 0.318. The quantitative estimate of drug-likeness (QED) is 0.699. The minimum atomic E-state index is -0.0926. The van der Waals surface area contributed by atoms with Gasteiger partial charge in [0.25, 0.3) is 5.91 Å². The molecule has 2 aromatic heterocycles. The van der Waals surface area contributed by atoms with Crippen molar-refractivity contribution in [3.63, 3.8) is 0 Å². The van der Waals surface area contributed by atoms with E-state index in [1.807, 2.05) is 41.8 Å². The topological polar surface area (TPSA) is 83.9 Å². The number of hydrogen-bond acceptors (Lipinski definition) is 4. The standard InChI is InChI=1S/C22H24ClN5O2/c1-14-9-17(23)3-4-18(14)19-13-28-20(12-25-21(28)10-16(19)11-24)22(30)27-7-5-26(6-8-27)15(2)29/h3-4,9-10,12-13H,5-8,11,24H2,1-2H3. The number of benzene rings is 1. The summed E-state index contributed by atoms with van der Waals surface area (Å²) in [6.45, 7) is 6.02. The van der Waals surface area contributed by atoms with E-state index in [2.05, 4.69) is 4.98 Å². The van der Waals surface area contributed by atoms with Crippen molar-refractivity contribution in [1.29, 1.82) is 0 Å². The summed E-state index contributed by atoms with van der Waals surface area (Å²) in [5.41, 5.74) is 11.1. The number of rotatable bonds is 3. The zero-order valence-electron chi connectivity index (χ0n) is 17.1. The maximum absolute atomic E-state index is 13.2. The molecule has 156 valence electrons. The average molecular weight is 426 g/mol. The third-order valence-electron chi connectivity index (χ3n) is 5.66. The first-order valence-electron chi connectivity index (χ1n) is 9.90. The van der Waals surface area contributed by atoms with Crippen molar-refractivity contribution in [1.82, 2.24) is 19.2 Å². The third kappa shape index (κ3) is 3.66. The van der Waals surface area contributed by atoms with Crippen molar-refractivity contribution >= 4 is 29.1 Å². The zero-order chi connectivity index (χ0) is 21.4. The highest BCUT2D eigenvalue weighted by Crippen LogP contribution is 2.30. The summed E-state index contributed by atoms with van der Waals surface area (Å²) in [5, 5.41) is 0.676. The molecule has 0 radical (unpaired) electrons. The van der Waals surface area contributed by atoms with Crippen LogP contribution in [-0.2, 0) is 11.3 Å². The van der Waals surface area contributed by atoms with E-state index in [1.54, 1.807) is 22.9 Å². The van der Waals surface area contributed by atoms with Gasteiger partial charge in [-0.25, -0.2) is 4.98 Å². The molecule has 1 saturated heterocycles. The lowest BCUT2D eigenvalue weighted by Gasteiger charge is -2.34. The van der Waals surface area contributed by atoms with Crippen molar-refractivity contribution in [3.05, 3.63) is 58.5 Å². The van der Waals surface area contributed by atoms with E-state index >= 15 is 0 Å². The number of hydrogen-bond donors (Lipinski definition) is 1. The SMILES string of the molecule is CC(=O)N1CCN(C(=O)c2cnc3cc(CN)c(-c4ccc(Cl)cc4C)cn23)CC1. The summed E-state index contributed by atoms with van der Waals surface area (Å²) in [6, 6.07) is 7.66. The smallest absolute Gasteiger partial charge is 0.272 e. The number of aryl methyl sites for hydroxylation is 1. The lowest BCUT2D eigenvalue weighted by atomic mass is 9.97. The van der Waals surface area contributed by atoms with E-state index < -0.39 is 0 Å². The van der Waals surface area contributed by atoms with Crippen LogP contribution in [0.3, 0.4) is 0 Å².